The van der Waals surface area contributed by atoms with Crippen LogP contribution in [-0.2, 0) is 120 Å². The lowest BCUT2D eigenvalue weighted by Crippen LogP contribution is -2.67. The summed E-state index contributed by atoms with van der Waals surface area (Å²) in [6, 6.07) is 55.7. The van der Waals surface area contributed by atoms with Crippen molar-refractivity contribution in [1.29, 1.82) is 0 Å². The molecule has 0 saturated carbocycles. The van der Waals surface area contributed by atoms with E-state index in [2.05, 4.69) is 0 Å². The molecule has 18 heteroatoms. The van der Waals surface area contributed by atoms with E-state index in [9.17, 15) is 14.4 Å². The Kier molecular flexibility index (Phi) is 23.6. The van der Waals surface area contributed by atoms with Crippen LogP contribution in [0.15, 0.2) is 188 Å². The summed E-state index contributed by atoms with van der Waals surface area (Å²) in [6.45, 7) is 4.03. The average Bonchev–Trinajstić information content (AvgIpc) is 1.94. The minimum Gasteiger partial charge on any atom is -0.497 e. The molecule has 6 aromatic rings. The molecule has 13 atom stereocenters. The number of hydrogen-bond donors (Lipinski definition) is 0. The molecule has 3 aliphatic heterocycles. The largest absolute Gasteiger partial charge is 0.497 e. The molecule has 2 fully saturated rings. The summed E-state index contributed by atoms with van der Waals surface area (Å²) < 4.78 is 98.6. The summed E-state index contributed by atoms with van der Waals surface area (Å²) in [7, 11) is 1.56. The number of carbonyl (C=O) groups excluding carboxylic acids is 3. The number of esters is 3. The molecule has 0 bridgehead atoms. The average molecular weight is 1170 g/mol. The van der Waals surface area contributed by atoms with Crippen molar-refractivity contribution < 1.29 is 85.4 Å². The van der Waals surface area contributed by atoms with E-state index in [1.165, 1.54) is 20.8 Å². The van der Waals surface area contributed by atoms with E-state index in [-0.39, 0.29) is 46.2 Å². The number of hydrogen-bond acceptors (Lipinski definition) is 18. The second kappa shape index (κ2) is 32.3. The lowest BCUT2D eigenvalue weighted by atomic mass is 9.95. The molecular formula is C67H74O18. The molecule has 450 valence electrons. The zero-order chi connectivity index (χ0) is 59.2. The predicted octanol–water partition coefficient (Wildman–Crippen LogP) is 9.33. The molecule has 3 heterocycles. The highest BCUT2D eigenvalue weighted by atomic mass is 16.8. The number of methoxy groups -OCH3 is 1. The Hall–Kier alpha value is -7.33. The highest BCUT2D eigenvalue weighted by Crippen LogP contribution is 2.38. The third kappa shape index (κ3) is 18.6. The van der Waals surface area contributed by atoms with Gasteiger partial charge in [0.05, 0.1) is 66.2 Å². The van der Waals surface area contributed by atoms with Crippen molar-refractivity contribution in [2.24, 2.45) is 0 Å². The van der Waals surface area contributed by atoms with Gasteiger partial charge in [0.25, 0.3) is 0 Å². The fraction of sp³-hybridized carbons (Fsp3) is 0.388. The quantitative estimate of drug-likeness (QED) is 0.0319. The standard InChI is InChI=1S/C67H74O18/c1-45(68)75-44-58-60(80-46(2)69)63(78-41-53-30-32-54(71-4)33-31-53)65(81-47(3)70)67(83-58)85-61-57(43-73-37-49-22-12-6-13-23-49)82-66(64(79-40-52-28-18-9-19-29-52)62(61)77-39-51-26-16-8-17-27-51)84-59-55(76-38-50-24-14-7-15-25-50)34-35-74-56(59)42-72-36-48-20-10-5-11-21-48/h5-35,55-67H,36-44H2,1-4H3/t55-,56-,57-,58-,59+,60+,61+,62+,63+,64-,65-,66+,67-/m1/s1. The van der Waals surface area contributed by atoms with Gasteiger partial charge in [0.1, 0.15) is 61.2 Å². The molecule has 85 heavy (non-hydrogen) atoms. The van der Waals surface area contributed by atoms with Gasteiger partial charge in [-0.2, -0.15) is 0 Å². The number of rotatable bonds is 29. The molecule has 0 amide bonds. The minimum absolute atomic E-state index is 0.0466. The molecular weight excluding hydrogens is 1090 g/mol. The molecule has 3 aliphatic rings. The van der Waals surface area contributed by atoms with Crippen molar-refractivity contribution in [3.05, 3.63) is 222 Å². The van der Waals surface area contributed by atoms with E-state index in [4.69, 9.17) is 71.1 Å². The van der Waals surface area contributed by atoms with E-state index in [0.717, 1.165) is 27.8 Å². The molecule has 0 spiro atoms. The van der Waals surface area contributed by atoms with E-state index < -0.39 is 104 Å². The van der Waals surface area contributed by atoms with Gasteiger partial charge in [0.15, 0.2) is 30.9 Å². The number of benzene rings is 6. The van der Waals surface area contributed by atoms with Gasteiger partial charge in [-0.1, -0.05) is 164 Å². The van der Waals surface area contributed by atoms with E-state index in [1.807, 2.05) is 152 Å². The Labute approximate surface area is 496 Å². The first-order valence-corrected chi connectivity index (χ1v) is 28.4. The van der Waals surface area contributed by atoms with Crippen LogP contribution in [0.25, 0.3) is 0 Å². The molecule has 0 aliphatic carbocycles. The summed E-state index contributed by atoms with van der Waals surface area (Å²) >= 11 is 0. The predicted molar refractivity (Wildman–Crippen MR) is 308 cm³/mol. The van der Waals surface area contributed by atoms with Crippen molar-refractivity contribution >= 4 is 17.9 Å². The minimum atomic E-state index is -1.56. The molecule has 6 aromatic carbocycles. The monoisotopic (exact) mass is 1170 g/mol. The molecule has 0 radical (unpaired) electrons. The Morgan fingerprint density at radius 3 is 1.27 bits per heavy atom. The summed E-state index contributed by atoms with van der Waals surface area (Å²) in [5.41, 5.74) is 5.17. The van der Waals surface area contributed by atoms with Gasteiger partial charge in [-0.3, -0.25) is 14.4 Å². The maximum absolute atomic E-state index is 13.4. The molecule has 0 unspecified atom stereocenters. The van der Waals surface area contributed by atoms with E-state index in [0.29, 0.717) is 17.9 Å². The smallest absolute Gasteiger partial charge is 0.303 e. The van der Waals surface area contributed by atoms with Gasteiger partial charge in [0, 0.05) is 20.8 Å². The SMILES string of the molecule is COc1ccc(CO[C@H]2[C@@H](OC(C)=O)[C@@H](COC(C)=O)O[C@H](O[C@@H]3[C@H](OCc4ccccc4)[C@@H](OCc4ccccc4)[C@H](O[C@H]4[C@H](OCc5ccccc5)C=CO[C@@H]4COCc4ccccc4)O[C@@H]3COCc3ccccc3)[C@@H]2OC(C)=O)cc1. The molecule has 2 saturated heterocycles. The van der Waals surface area contributed by atoms with E-state index in [1.54, 1.807) is 43.7 Å². The Bertz CT molecular complexity index is 2960. The van der Waals surface area contributed by atoms with Crippen LogP contribution in [0.3, 0.4) is 0 Å². The first-order chi connectivity index (χ1) is 41.6. The van der Waals surface area contributed by atoms with Crippen LogP contribution in [-0.4, -0.2) is 125 Å². The molecule has 0 N–H and O–H groups in total. The number of carbonyl (C=O) groups is 3. The van der Waals surface area contributed by atoms with Gasteiger partial charge in [-0.15, -0.1) is 0 Å². The van der Waals surface area contributed by atoms with Gasteiger partial charge in [0.2, 0.25) is 0 Å². The number of ether oxygens (including phenoxy) is 15. The van der Waals surface area contributed by atoms with E-state index >= 15 is 0 Å². The lowest BCUT2D eigenvalue weighted by Gasteiger charge is -2.50. The maximum Gasteiger partial charge on any atom is 0.303 e. The Morgan fingerprint density at radius 2 is 0.788 bits per heavy atom. The summed E-state index contributed by atoms with van der Waals surface area (Å²) in [5, 5.41) is 0. The highest BCUT2D eigenvalue weighted by molar-refractivity contribution is 5.67. The van der Waals surface area contributed by atoms with Gasteiger partial charge < -0.3 is 71.1 Å². The van der Waals surface area contributed by atoms with Gasteiger partial charge in [-0.05, 0) is 51.6 Å². The topological polar surface area (TPSA) is 190 Å². The Balaban J connectivity index is 1.13. The summed E-state index contributed by atoms with van der Waals surface area (Å²) in [4.78, 5) is 39.0. The van der Waals surface area contributed by atoms with Crippen molar-refractivity contribution in [1.82, 2.24) is 0 Å². The van der Waals surface area contributed by atoms with Crippen LogP contribution in [0, 0.1) is 0 Å². The van der Waals surface area contributed by atoms with Crippen molar-refractivity contribution in [3.8, 4) is 5.75 Å². The van der Waals surface area contributed by atoms with Gasteiger partial charge >= 0.3 is 17.9 Å². The first-order valence-electron chi connectivity index (χ1n) is 28.4. The van der Waals surface area contributed by atoms with Crippen LogP contribution in [0.1, 0.15) is 54.2 Å². The summed E-state index contributed by atoms with van der Waals surface area (Å²) in [6.07, 6.45) is -11.6. The third-order valence-electron chi connectivity index (χ3n) is 14.3. The van der Waals surface area contributed by atoms with Crippen LogP contribution in [0.2, 0.25) is 0 Å². The summed E-state index contributed by atoms with van der Waals surface area (Å²) in [5.74, 6) is -1.44. The lowest BCUT2D eigenvalue weighted by molar-refractivity contribution is -0.379. The highest BCUT2D eigenvalue weighted by Gasteiger charge is 2.57. The van der Waals surface area contributed by atoms with Crippen LogP contribution >= 0.6 is 0 Å². The molecule has 18 nitrogen and oxygen atoms in total. The molecule has 0 aromatic heterocycles. The first kappa shape index (κ1) is 62.2. The normalized spacial score (nSPS) is 25.5. The van der Waals surface area contributed by atoms with Crippen molar-refractivity contribution in [3.63, 3.8) is 0 Å². The van der Waals surface area contributed by atoms with Crippen LogP contribution < -0.4 is 4.74 Å². The van der Waals surface area contributed by atoms with Gasteiger partial charge in [-0.25, -0.2) is 0 Å². The van der Waals surface area contributed by atoms with Crippen LogP contribution in [0.4, 0.5) is 0 Å². The Morgan fingerprint density at radius 1 is 0.388 bits per heavy atom. The zero-order valence-corrected chi connectivity index (χ0v) is 48.1. The van der Waals surface area contributed by atoms with Crippen molar-refractivity contribution in [2.75, 3.05) is 26.9 Å². The van der Waals surface area contributed by atoms with Crippen molar-refractivity contribution in [2.45, 2.75) is 140 Å². The second-order valence-electron chi connectivity index (χ2n) is 20.6. The second-order valence-corrected chi connectivity index (χ2v) is 20.6. The fourth-order valence-electron chi connectivity index (χ4n) is 10.1. The third-order valence-corrected chi connectivity index (χ3v) is 14.3. The maximum atomic E-state index is 13.4. The molecule has 9 rings (SSSR count). The van der Waals surface area contributed by atoms with Crippen LogP contribution in [0.5, 0.6) is 5.75 Å². The fourth-order valence-corrected chi connectivity index (χ4v) is 10.1. The zero-order valence-electron chi connectivity index (χ0n) is 48.1.